The Hall–Kier alpha value is 0.316. The molecule has 0 N–H and O–H groups in total. The molecule has 0 aromatic heterocycles. The average molecular weight is 280 g/mol. The molecular formula is C13H21KO4. The molecule has 0 saturated heterocycles. The van der Waals surface area contributed by atoms with Gasteiger partial charge in [-0.3, -0.25) is 4.79 Å². The van der Waals surface area contributed by atoms with Crippen LogP contribution in [0.15, 0.2) is 12.3 Å². The SMILES string of the molecule is CCCCCCCC=COC(=O)CCC(=O)[O-].[K+]. The van der Waals surface area contributed by atoms with Crippen molar-refractivity contribution in [2.24, 2.45) is 0 Å². The molecule has 0 aromatic rings. The fraction of sp³-hybridized carbons (Fsp3) is 0.692. The van der Waals surface area contributed by atoms with E-state index in [4.69, 9.17) is 4.74 Å². The van der Waals surface area contributed by atoms with Crippen molar-refractivity contribution >= 4 is 11.9 Å². The molecule has 0 bridgehead atoms. The van der Waals surface area contributed by atoms with Crippen LogP contribution in [-0.2, 0) is 14.3 Å². The second kappa shape index (κ2) is 15.4. The summed E-state index contributed by atoms with van der Waals surface area (Å²) in [5.41, 5.74) is 0. The molecular weight excluding hydrogens is 259 g/mol. The molecule has 0 heterocycles. The Labute approximate surface area is 152 Å². The standard InChI is InChI=1S/C13H22O4.K/c1-2-3-4-5-6-7-8-11-17-13(16)10-9-12(14)15;/h8,11H,2-7,9-10H2,1H3,(H,14,15);/q;+1/p-1. The molecule has 0 aliphatic carbocycles. The zero-order chi connectivity index (χ0) is 12.9. The van der Waals surface area contributed by atoms with Crippen LogP contribution < -0.4 is 56.5 Å². The van der Waals surface area contributed by atoms with Crippen molar-refractivity contribution in [1.82, 2.24) is 0 Å². The zero-order valence-corrected chi connectivity index (χ0v) is 14.6. The van der Waals surface area contributed by atoms with E-state index in [9.17, 15) is 14.7 Å². The van der Waals surface area contributed by atoms with Gasteiger partial charge in [-0.15, -0.1) is 0 Å². The van der Waals surface area contributed by atoms with Gasteiger partial charge < -0.3 is 14.6 Å². The number of aliphatic carboxylic acids is 1. The van der Waals surface area contributed by atoms with E-state index in [0.29, 0.717) is 0 Å². The predicted octanol–water partition coefficient (Wildman–Crippen LogP) is -1.06. The third-order valence-electron chi connectivity index (χ3n) is 2.30. The summed E-state index contributed by atoms with van der Waals surface area (Å²) in [6, 6.07) is 0. The van der Waals surface area contributed by atoms with E-state index in [1.54, 1.807) is 6.08 Å². The van der Waals surface area contributed by atoms with Crippen LogP contribution in [0.5, 0.6) is 0 Å². The maximum Gasteiger partial charge on any atom is 1.00 e. The van der Waals surface area contributed by atoms with E-state index in [1.165, 1.54) is 31.9 Å². The van der Waals surface area contributed by atoms with E-state index >= 15 is 0 Å². The number of carbonyl (C=O) groups is 2. The van der Waals surface area contributed by atoms with Crippen molar-refractivity contribution < 1.29 is 70.8 Å². The van der Waals surface area contributed by atoms with Crippen LogP contribution in [0.2, 0.25) is 0 Å². The molecule has 0 spiro atoms. The molecule has 5 heteroatoms. The number of rotatable bonds is 10. The van der Waals surface area contributed by atoms with Gasteiger partial charge in [0.1, 0.15) is 0 Å². The fourth-order valence-corrected chi connectivity index (χ4v) is 1.32. The van der Waals surface area contributed by atoms with Gasteiger partial charge in [0.25, 0.3) is 0 Å². The number of carboxylic acids is 1. The van der Waals surface area contributed by atoms with Gasteiger partial charge in [-0.2, -0.15) is 0 Å². The van der Waals surface area contributed by atoms with Crippen LogP contribution in [0.1, 0.15) is 58.3 Å². The second-order valence-corrected chi connectivity index (χ2v) is 3.94. The zero-order valence-electron chi connectivity index (χ0n) is 11.4. The quantitative estimate of drug-likeness (QED) is 0.221. The van der Waals surface area contributed by atoms with Crippen molar-refractivity contribution in [2.45, 2.75) is 58.3 Å². The molecule has 18 heavy (non-hydrogen) atoms. The number of ether oxygens (including phenoxy) is 1. The maximum atomic E-state index is 11.0. The van der Waals surface area contributed by atoms with E-state index in [2.05, 4.69) is 6.92 Å². The van der Waals surface area contributed by atoms with Crippen molar-refractivity contribution in [3.8, 4) is 0 Å². The first kappa shape index (κ1) is 20.6. The summed E-state index contributed by atoms with van der Waals surface area (Å²) in [5.74, 6) is -1.77. The summed E-state index contributed by atoms with van der Waals surface area (Å²) in [5, 5.41) is 10.1. The van der Waals surface area contributed by atoms with Crippen LogP contribution in [0, 0.1) is 0 Å². The molecule has 0 fully saturated rings. The van der Waals surface area contributed by atoms with Gasteiger partial charge in [-0.1, -0.05) is 32.6 Å². The first-order valence-corrected chi connectivity index (χ1v) is 6.21. The first-order chi connectivity index (χ1) is 8.16. The maximum absolute atomic E-state index is 11.0. The molecule has 0 aliphatic rings. The smallest absolute Gasteiger partial charge is 0.550 e. The fourth-order valence-electron chi connectivity index (χ4n) is 1.32. The Morgan fingerprint density at radius 3 is 2.39 bits per heavy atom. The first-order valence-electron chi connectivity index (χ1n) is 6.21. The van der Waals surface area contributed by atoms with Gasteiger partial charge in [0.15, 0.2) is 0 Å². The second-order valence-electron chi connectivity index (χ2n) is 3.94. The van der Waals surface area contributed by atoms with Gasteiger partial charge >= 0.3 is 57.4 Å². The summed E-state index contributed by atoms with van der Waals surface area (Å²) in [6.45, 7) is 2.17. The van der Waals surface area contributed by atoms with Crippen LogP contribution in [0.3, 0.4) is 0 Å². The van der Waals surface area contributed by atoms with Crippen LogP contribution in [0.4, 0.5) is 0 Å². The molecule has 4 nitrogen and oxygen atoms in total. The average Bonchev–Trinajstić information content (AvgIpc) is 2.30. The number of allylic oxidation sites excluding steroid dienone is 1. The van der Waals surface area contributed by atoms with Gasteiger partial charge in [-0.05, 0) is 25.3 Å². The van der Waals surface area contributed by atoms with E-state index in [-0.39, 0.29) is 64.2 Å². The third-order valence-corrected chi connectivity index (χ3v) is 2.30. The van der Waals surface area contributed by atoms with Gasteiger partial charge in [0.2, 0.25) is 0 Å². The minimum Gasteiger partial charge on any atom is -0.550 e. The molecule has 98 valence electrons. The van der Waals surface area contributed by atoms with E-state index < -0.39 is 11.9 Å². The number of carboxylic acid groups (broad SMARTS) is 1. The van der Waals surface area contributed by atoms with E-state index in [0.717, 1.165) is 12.8 Å². The molecule has 0 rings (SSSR count). The molecule has 0 saturated carbocycles. The normalized spacial score (nSPS) is 10.1. The summed E-state index contributed by atoms with van der Waals surface area (Å²) >= 11 is 0. The number of hydrogen-bond acceptors (Lipinski definition) is 4. The van der Waals surface area contributed by atoms with Gasteiger partial charge in [-0.25, -0.2) is 0 Å². The van der Waals surface area contributed by atoms with Crippen LogP contribution >= 0.6 is 0 Å². The Morgan fingerprint density at radius 2 is 1.78 bits per heavy atom. The largest absolute Gasteiger partial charge is 1.00 e. The minimum absolute atomic E-state index is 0. The Balaban J connectivity index is 0. The Bertz CT molecular complexity index is 251. The summed E-state index contributed by atoms with van der Waals surface area (Å²) in [7, 11) is 0. The number of hydrogen-bond donors (Lipinski definition) is 0. The van der Waals surface area contributed by atoms with Crippen molar-refractivity contribution in [2.75, 3.05) is 0 Å². The van der Waals surface area contributed by atoms with Crippen molar-refractivity contribution in [1.29, 1.82) is 0 Å². The van der Waals surface area contributed by atoms with E-state index in [1.807, 2.05) is 0 Å². The topological polar surface area (TPSA) is 66.4 Å². The molecule has 0 atom stereocenters. The van der Waals surface area contributed by atoms with Gasteiger partial charge in [0, 0.05) is 5.97 Å². The number of unbranched alkanes of at least 4 members (excludes halogenated alkanes) is 5. The third kappa shape index (κ3) is 16.3. The minimum atomic E-state index is -1.23. The van der Waals surface area contributed by atoms with Crippen molar-refractivity contribution in [3.63, 3.8) is 0 Å². The van der Waals surface area contributed by atoms with Crippen molar-refractivity contribution in [3.05, 3.63) is 12.3 Å². The molecule has 0 aliphatic heterocycles. The Kier molecular flexibility index (Phi) is 17.6. The molecule has 0 unspecified atom stereocenters. The summed E-state index contributed by atoms with van der Waals surface area (Å²) < 4.78 is 4.71. The van der Waals surface area contributed by atoms with Gasteiger partial charge in [0.05, 0.1) is 12.7 Å². The summed E-state index contributed by atoms with van der Waals surface area (Å²) in [6.07, 6.45) is 9.62. The molecule has 0 amide bonds. The summed E-state index contributed by atoms with van der Waals surface area (Å²) in [4.78, 5) is 21.0. The number of carbonyl (C=O) groups excluding carboxylic acids is 2. The molecule has 0 radical (unpaired) electrons. The monoisotopic (exact) mass is 280 g/mol. The Morgan fingerprint density at radius 1 is 1.11 bits per heavy atom. The molecule has 0 aromatic carbocycles. The number of esters is 1. The predicted molar refractivity (Wildman–Crippen MR) is 62.8 cm³/mol. The van der Waals surface area contributed by atoms with Crippen LogP contribution in [-0.4, -0.2) is 11.9 Å². The van der Waals surface area contributed by atoms with Crippen LogP contribution in [0.25, 0.3) is 0 Å².